The lowest BCUT2D eigenvalue weighted by Gasteiger charge is -2.27. The molecule has 0 aliphatic carbocycles. The van der Waals surface area contributed by atoms with E-state index in [2.05, 4.69) is 16.0 Å². The Balaban J connectivity index is 1.33. The number of morpholine rings is 1. The smallest absolute Gasteiger partial charge is 0.243 e. The molecular weight excluding hydrogens is 588 g/mol. The van der Waals surface area contributed by atoms with Crippen LogP contribution >= 0.6 is 0 Å². The average Bonchev–Trinajstić information content (AvgIpc) is 3.82. The number of benzene rings is 3. The minimum Gasteiger partial charge on any atom is -0.497 e. The molecule has 2 heterocycles. The van der Waals surface area contributed by atoms with Crippen molar-refractivity contribution in [3.05, 3.63) is 77.9 Å². The van der Waals surface area contributed by atoms with Crippen LogP contribution in [0.1, 0.15) is 25.0 Å². The highest BCUT2D eigenvalue weighted by atomic mass is 16.6. The van der Waals surface area contributed by atoms with Gasteiger partial charge in [0.25, 0.3) is 0 Å². The maximum atomic E-state index is 14.0. The second-order valence-corrected chi connectivity index (χ2v) is 12.1. The van der Waals surface area contributed by atoms with Crippen LogP contribution in [0, 0.1) is 0 Å². The van der Waals surface area contributed by atoms with Gasteiger partial charge in [-0.3, -0.25) is 24.1 Å². The van der Waals surface area contributed by atoms with Crippen molar-refractivity contribution in [3.8, 4) is 5.75 Å². The lowest BCUT2D eigenvalue weighted by Crippen LogP contribution is -2.57. The van der Waals surface area contributed by atoms with Crippen LogP contribution in [-0.4, -0.2) is 98.7 Å². The third-order valence-electron chi connectivity index (χ3n) is 8.51. The van der Waals surface area contributed by atoms with E-state index in [0.717, 1.165) is 21.9 Å². The quantitative estimate of drug-likeness (QED) is 0.229. The van der Waals surface area contributed by atoms with Gasteiger partial charge in [-0.25, -0.2) is 0 Å². The van der Waals surface area contributed by atoms with E-state index in [0.29, 0.717) is 32.1 Å². The Bertz CT molecular complexity index is 1540. The molecule has 2 aliphatic rings. The third-order valence-corrected chi connectivity index (χ3v) is 8.51. The fraction of sp³-hybridized carbons (Fsp3) is 0.429. The number of amides is 3. The van der Waals surface area contributed by atoms with E-state index >= 15 is 0 Å². The van der Waals surface area contributed by atoms with Crippen molar-refractivity contribution in [2.24, 2.45) is 0 Å². The number of epoxide rings is 1. The number of methoxy groups -OCH3 is 1. The van der Waals surface area contributed by atoms with Crippen LogP contribution < -0.4 is 20.7 Å². The SMILES string of the molecule is COc1ccc(C[C@H](NC(=O)[C@H](C)NC(=O)CN2CCOCC2)C(=O)N[C@@H](Cc2cccc3ccccc23)C(=O)[C@@]2(C)CO2)cc1. The molecule has 0 aromatic heterocycles. The zero-order valence-corrected chi connectivity index (χ0v) is 26.5. The van der Waals surface area contributed by atoms with Crippen LogP contribution in [0.5, 0.6) is 5.75 Å². The average molecular weight is 631 g/mol. The number of rotatable bonds is 14. The van der Waals surface area contributed by atoms with Crippen LogP contribution in [0.15, 0.2) is 66.7 Å². The normalized spacial score (nSPS) is 19.8. The predicted molar refractivity (Wildman–Crippen MR) is 172 cm³/mol. The first-order chi connectivity index (χ1) is 22.1. The van der Waals surface area contributed by atoms with Gasteiger partial charge >= 0.3 is 0 Å². The fourth-order valence-corrected chi connectivity index (χ4v) is 5.61. The summed E-state index contributed by atoms with van der Waals surface area (Å²) in [4.78, 5) is 55.6. The van der Waals surface area contributed by atoms with Gasteiger partial charge in [-0.1, -0.05) is 54.6 Å². The summed E-state index contributed by atoms with van der Waals surface area (Å²) in [6, 6.07) is 18.1. The number of ketones is 1. The van der Waals surface area contributed by atoms with Crippen molar-refractivity contribution in [2.45, 2.75) is 50.4 Å². The molecule has 11 heteroatoms. The third kappa shape index (κ3) is 8.48. The lowest BCUT2D eigenvalue weighted by molar-refractivity contribution is -0.134. The number of carbonyl (C=O) groups excluding carboxylic acids is 4. The Labute approximate surface area is 268 Å². The molecule has 3 aromatic carbocycles. The molecule has 0 bridgehead atoms. The molecule has 2 saturated heterocycles. The Hall–Kier alpha value is -4.32. The van der Waals surface area contributed by atoms with Gasteiger partial charge in [0, 0.05) is 25.9 Å². The fourth-order valence-electron chi connectivity index (χ4n) is 5.61. The molecule has 0 spiro atoms. The number of hydrogen-bond donors (Lipinski definition) is 3. The second-order valence-electron chi connectivity index (χ2n) is 12.1. The summed E-state index contributed by atoms with van der Waals surface area (Å²) in [7, 11) is 1.57. The summed E-state index contributed by atoms with van der Waals surface area (Å²) in [5.74, 6) is -0.896. The van der Waals surface area contributed by atoms with Crippen molar-refractivity contribution >= 4 is 34.3 Å². The number of Topliss-reactive ketones (excluding diaryl/α,β-unsaturated/α-hetero) is 1. The topological polar surface area (TPSA) is 139 Å². The number of nitrogens with one attached hydrogen (secondary N) is 3. The van der Waals surface area contributed by atoms with E-state index in [-0.39, 0.29) is 37.7 Å². The maximum Gasteiger partial charge on any atom is 0.243 e. The molecule has 2 aliphatic heterocycles. The van der Waals surface area contributed by atoms with Gasteiger partial charge < -0.3 is 30.2 Å². The Morgan fingerprint density at radius 2 is 1.54 bits per heavy atom. The largest absolute Gasteiger partial charge is 0.497 e. The molecule has 3 amide bonds. The number of carbonyl (C=O) groups is 4. The summed E-state index contributed by atoms with van der Waals surface area (Å²) in [6.45, 7) is 6.11. The summed E-state index contributed by atoms with van der Waals surface area (Å²) >= 11 is 0. The highest BCUT2D eigenvalue weighted by Crippen LogP contribution is 2.30. The second kappa shape index (κ2) is 14.8. The summed E-state index contributed by atoms with van der Waals surface area (Å²) < 4.78 is 16.1. The molecule has 4 atom stereocenters. The zero-order valence-electron chi connectivity index (χ0n) is 26.5. The van der Waals surface area contributed by atoms with E-state index in [1.165, 1.54) is 0 Å². The zero-order chi connectivity index (χ0) is 32.7. The molecule has 3 N–H and O–H groups in total. The molecule has 0 saturated carbocycles. The molecule has 0 radical (unpaired) electrons. The van der Waals surface area contributed by atoms with Crippen LogP contribution in [0.3, 0.4) is 0 Å². The van der Waals surface area contributed by atoms with Gasteiger partial charge in [-0.05, 0) is 47.9 Å². The highest BCUT2D eigenvalue weighted by molar-refractivity contribution is 5.99. The molecule has 2 fully saturated rings. The van der Waals surface area contributed by atoms with Crippen LogP contribution in [0.2, 0.25) is 0 Å². The molecule has 46 heavy (non-hydrogen) atoms. The van der Waals surface area contributed by atoms with Gasteiger partial charge in [0.1, 0.15) is 23.4 Å². The molecule has 11 nitrogen and oxygen atoms in total. The molecule has 244 valence electrons. The first-order valence-corrected chi connectivity index (χ1v) is 15.6. The summed E-state index contributed by atoms with van der Waals surface area (Å²) in [6.07, 6.45) is 0.404. The number of fused-ring (bicyclic) bond motifs is 1. The van der Waals surface area contributed by atoms with Gasteiger partial charge in [0.15, 0.2) is 5.78 Å². The van der Waals surface area contributed by atoms with E-state index in [9.17, 15) is 19.2 Å². The van der Waals surface area contributed by atoms with Crippen molar-refractivity contribution < 1.29 is 33.4 Å². The number of ether oxygens (including phenoxy) is 3. The lowest BCUT2D eigenvalue weighted by atomic mass is 9.92. The van der Waals surface area contributed by atoms with Crippen molar-refractivity contribution in [2.75, 3.05) is 46.6 Å². The Morgan fingerprint density at radius 3 is 2.24 bits per heavy atom. The van der Waals surface area contributed by atoms with Crippen LogP contribution in [0.4, 0.5) is 0 Å². The highest BCUT2D eigenvalue weighted by Gasteiger charge is 2.50. The standard InChI is InChI=1S/C35H42N4O7/c1-23(36-31(40)21-39-15-17-45-18-16-39)33(42)38-30(19-24-11-13-27(44-3)14-12-24)34(43)37-29(32(41)35(2)22-46-35)20-26-9-6-8-25-7-4-5-10-28(25)26/h4-14,23,29-30H,15-22H2,1-3H3,(H,36,40)(H,37,43)(H,38,42)/t23-,29-,30-,35+/m0/s1. The minimum atomic E-state index is -1.03. The Morgan fingerprint density at radius 1 is 0.870 bits per heavy atom. The maximum absolute atomic E-state index is 14.0. The van der Waals surface area contributed by atoms with Gasteiger partial charge in [-0.2, -0.15) is 0 Å². The van der Waals surface area contributed by atoms with E-state index in [1.54, 1.807) is 33.1 Å². The summed E-state index contributed by atoms with van der Waals surface area (Å²) in [5, 5.41) is 10.5. The molecular formula is C35H42N4O7. The van der Waals surface area contributed by atoms with Gasteiger partial charge in [0.2, 0.25) is 17.7 Å². The van der Waals surface area contributed by atoms with E-state index in [4.69, 9.17) is 14.2 Å². The minimum absolute atomic E-state index is 0.148. The van der Waals surface area contributed by atoms with Gasteiger partial charge in [-0.15, -0.1) is 0 Å². The Kier molecular flexibility index (Phi) is 10.7. The molecule has 3 aromatic rings. The monoisotopic (exact) mass is 630 g/mol. The number of hydrogen-bond acceptors (Lipinski definition) is 8. The molecule has 5 rings (SSSR count). The first-order valence-electron chi connectivity index (χ1n) is 15.6. The van der Waals surface area contributed by atoms with Crippen LogP contribution in [-0.2, 0) is 41.5 Å². The first kappa shape index (κ1) is 33.1. The van der Waals surface area contributed by atoms with Crippen molar-refractivity contribution in [1.82, 2.24) is 20.9 Å². The molecule has 0 unspecified atom stereocenters. The van der Waals surface area contributed by atoms with Crippen molar-refractivity contribution in [1.29, 1.82) is 0 Å². The summed E-state index contributed by atoms with van der Waals surface area (Å²) in [5.41, 5.74) is 0.712. The van der Waals surface area contributed by atoms with Gasteiger partial charge in [0.05, 0.1) is 39.5 Å². The predicted octanol–water partition coefficient (Wildman–Crippen LogP) is 1.80. The van der Waals surface area contributed by atoms with Crippen molar-refractivity contribution in [3.63, 3.8) is 0 Å². The van der Waals surface area contributed by atoms with Crippen LogP contribution in [0.25, 0.3) is 10.8 Å². The van der Waals surface area contributed by atoms with E-state index in [1.807, 2.05) is 59.5 Å². The van der Waals surface area contributed by atoms with E-state index < -0.39 is 35.5 Å². The number of nitrogens with zero attached hydrogens (tertiary/aromatic N) is 1.